The lowest BCUT2D eigenvalue weighted by atomic mass is 10.2. The molecule has 0 radical (unpaired) electrons. The topological polar surface area (TPSA) is 51.8 Å². The summed E-state index contributed by atoms with van der Waals surface area (Å²) in [5, 5.41) is 7.32. The standard InChI is InChI=1S/C18H17ClN4OS/c1-24-11-10-21-18-23(22-12-16-4-2-3-9-20-16)17(13-25-18)14-5-7-15(19)8-6-14/h2-9,12-13H,10-11H2,1H3/b21-18?,22-12+. The van der Waals surface area contributed by atoms with Crippen LogP contribution in [-0.4, -0.2) is 36.1 Å². The molecule has 0 saturated carbocycles. The Labute approximate surface area is 154 Å². The first kappa shape index (κ1) is 17.5. The minimum absolute atomic E-state index is 0.568. The minimum atomic E-state index is 0.568. The van der Waals surface area contributed by atoms with Crippen LogP contribution in [0.4, 0.5) is 0 Å². The van der Waals surface area contributed by atoms with Crippen molar-refractivity contribution in [3.63, 3.8) is 0 Å². The van der Waals surface area contributed by atoms with E-state index in [4.69, 9.17) is 16.3 Å². The second-order valence-electron chi connectivity index (χ2n) is 5.10. The summed E-state index contributed by atoms with van der Waals surface area (Å²) in [6, 6.07) is 13.4. The summed E-state index contributed by atoms with van der Waals surface area (Å²) in [6.07, 6.45) is 3.46. The van der Waals surface area contributed by atoms with E-state index in [1.807, 2.05) is 52.5 Å². The second-order valence-corrected chi connectivity index (χ2v) is 6.37. The molecule has 128 valence electrons. The Balaban J connectivity index is 2.02. The Morgan fingerprint density at radius 3 is 2.80 bits per heavy atom. The van der Waals surface area contributed by atoms with Gasteiger partial charge in [-0.15, -0.1) is 11.3 Å². The molecule has 0 fully saturated rings. The van der Waals surface area contributed by atoms with Crippen molar-refractivity contribution in [2.45, 2.75) is 0 Å². The third kappa shape index (κ3) is 4.63. The van der Waals surface area contributed by atoms with Crippen LogP contribution in [0.15, 0.2) is 64.1 Å². The fourth-order valence-electron chi connectivity index (χ4n) is 2.14. The molecule has 25 heavy (non-hydrogen) atoms. The van der Waals surface area contributed by atoms with Gasteiger partial charge in [0.15, 0.2) is 0 Å². The maximum Gasteiger partial charge on any atom is 0.206 e. The van der Waals surface area contributed by atoms with Gasteiger partial charge in [0.05, 0.1) is 30.8 Å². The molecule has 0 spiro atoms. The molecule has 5 nitrogen and oxygen atoms in total. The first-order chi connectivity index (χ1) is 12.3. The molecule has 2 heterocycles. The Morgan fingerprint density at radius 1 is 1.24 bits per heavy atom. The molecule has 0 saturated heterocycles. The van der Waals surface area contributed by atoms with Crippen molar-refractivity contribution < 1.29 is 4.74 Å². The van der Waals surface area contributed by atoms with Crippen molar-refractivity contribution in [2.24, 2.45) is 10.1 Å². The lowest BCUT2D eigenvalue weighted by Crippen LogP contribution is -2.13. The zero-order valence-electron chi connectivity index (χ0n) is 13.7. The van der Waals surface area contributed by atoms with Crippen LogP contribution in [0, 0.1) is 0 Å². The van der Waals surface area contributed by atoms with Gasteiger partial charge in [-0.1, -0.05) is 29.8 Å². The van der Waals surface area contributed by atoms with Gasteiger partial charge in [0.2, 0.25) is 4.80 Å². The van der Waals surface area contributed by atoms with Gasteiger partial charge >= 0.3 is 0 Å². The summed E-state index contributed by atoms with van der Waals surface area (Å²) in [5.74, 6) is 0. The minimum Gasteiger partial charge on any atom is -0.383 e. The molecule has 0 unspecified atom stereocenters. The van der Waals surface area contributed by atoms with Gasteiger partial charge in [0.25, 0.3) is 0 Å². The lowest BCUT2D eigenvalue weighted by Gasteiger charge is -2.03. The van der Waals surface area contributed by atoms with Gasteiger partial charge in [-0.05, 0) is 24.3 Å². The summed E-state index contributed by atoms with van der Waals surface area (Å²) >= 11 is 7.53. The first-order valence-electron chi connectivity index (χ1n) is 7.69. The fourth-order valence-corrected chi connectivity index (χ4v) is 3.13. The number of hydrogen-bond donors (Lipinski definition) is 0. The normalized spacial score (nSPS) is 12.2. The predicted octanol–water partition coefficient (Wildman–Crippen LogP) is 3.69. The Morgan fingerprint density at radius 2 is 2.08 bits per heavy atom. The van der Waals surface area contributed by atoms with Crippen LogP contribution in [-0.2, 0) is 4.74 Å². The highest BCUT2D eigenvalue weighted by Gasteiger charge is 2.07. The zero-order chi connectivity index (χ0) is 17.5. The molecular weight excluding hydrogens is 356 g/mol. The smallest absolute Gasteiger partial charge is 0.206 e. The summed E-state index contributed by atoms with van der Waals surface area (Å²) < 4.78 is 6.89. The monoisotopic (exact) mass is 372 g/mol. The van der Waals surface area contributed by atoms with Crippen LogP contribution in [0.2, 0.25) is 5.02 Å². The number of aromatic nitrogens is 2. The molecule has 0 N–H and O–H groups in total. The van der Waals surface area contributed by atoms with E-state index in [0.29, 0.717) is 18.2 Å². The molecular formula is C18H17ClN4OS. The third-order valence-electron chi connectivity index (χ3n) is 3.36. The Kier molecular flexibility index (Phi) is 6.11. The maximum atomic E-state index is 6.00. The molecule has 0 aliphatic heterocycles. The van der Waals surface area contributed by atoms with E-state index in [9.17, 15) is 0 Å². The molecule has 3 rings (SSSR count). The lowest BCUT2D eigenvalue weighted by molar-refractivity contribution is 0.207. The average molecular weight is 373 g/mol. The fraction of sp³-hybridized carbons (Fsp3) is 0.167. The maximum absolute atomic E-state index is 6.00. The highest BCUT2D eigenvalue weighted by Crippen LogP contribution is 2.22. The van der Waals surface area contributed by atoms with Crippen LogP contribution in [0.5, 0.6) is 0 Å². The zero-order valence-corrected chi connectivity index (χ0v) is 15.2. The van der Waals surface area contributed by atoms with Crippen LogP contribution >= 0.6 is 22.9 Å². The Bertz CT molecular complexity index is 901. The number of nitrogens with zero attached hydrogens (tertiary/aromatic N) is 4. The number of halogens is 1. The number of methoxy groups -OCH3 is 1. The van der Waals surface area contributed by atoms with E-state index in [1.165, 1.54) is 11.3 Å². The predicted molar refractivity (Wildman–Crippen MR) is 102 cm³/mol. The average Bonchev–Trinajstić information content (AvgIpc) is 3.04. The number of thiazole rings is 1. The van der Waals surface area contributed by atoms with Crippen LogP contribution in [0.1, 0.15) is 5.69 Å². The van der Waals surface area contributed by atoms with Gasteiger partial charge < -0.3 is 4.74 Å². The van der Waals surface area contributed by atoms with Crippen molar-refractivity contribution in [1.29, 1.82) is 0 Å². The molecule has 0 aliphatic carbocycles. The highest BCUT2D eigenvalue weighted by molar-refractivity contribution is 7.07. The molecule has 0 aliphatic rings. The summed E-state index contributed by atoms with van der Waals surface area (Å²) in [5.41, 5.74) is 2.75. The van der Waals surface area contributed by atoms with E-state index in [0.717, 1.165) is 21.8 Å². The van der Waals surface area contributed by atoms with E-state index >= 15 is 0 Å². The number of rotatable bonds is 6. The van der Waals surface area contributed by atoms with E-state index < -0.39 is 0 Å². The van der Waals surface area contributed by atoms with Gasteiger partial charge in [0.1, 0.15) is 0 Å². The van der Waals surface area contributed by atoms with Crippen molar-refractivity contribution in [2.75, 3.05) is 20.3 Å². The largest absolute Gasteiger partial charge is 0.383 e. The molecule has 0 atom stereocenters. The number of pyridine rings is 1. The van der Waals surface area contributed by atoms with Crippen LogP contribution in [0.25, 0.3) is 11.3 Å². The third-order valence-corrected chi connectivity index (χ3v) is 4.47. The van der Waals surface area contributed by atoms with E-state index in [1.54, 1.807) is 19.5 Å². The SMILES string of the molecule is COCCN=c1scc(-c2ccc(Cl)cc2)n1/N=C/c1ccccn1. The number of ether oxygens (including phenoxy) is 1. The molecule has 0 bridgehead atoms. The van der Waals surface area contributed by atoms with Crippen molar-refractivity contribution >= 4 is 29.2 Å². The Hall–Kier alpha value is -2.28. The quantitative estimate of drug-likeness (QED) is 0.489. The summed E-state index contributed by atoms with van der Waals surface area (Å²) in [4.78, 5) is 9.64. The number of hydrogen-bond acceptors (Lipinski definition) is 5. The van der Waals surface area contributed by atoms with Crippen molar-refractivity contribution in [3.8, 4) is 11.3 Å². The van der Waals surface area contributed by atoms with Crippen molar-refractivity contribution in [1.82, 2.24) is 9.66 Å². The molecule has 0 amide bonds. The highest BCUT2D eigenvalue weighted by atomic mass is 35.5. The summed E-state index contributed by atoms with van der Waals surface area (Å²) in [6.45, 7) is 1.15. The van der Waals surface area contributed by atoms with E-state index in [-0.39, 0.29) is 0 Å². The molecule has 3 aromatic rings. The van der Waals surface area contributed by atoms with Gasteiger partial charge in [0, 0.05) is 29.3 Å². The van der Waals surface area contributed by atoms with Crippen molar-refractivity contribution in [3.05, 3.63) is 69.6 Å². The van der Waals surface area contributed by atoms with Gasteiger partial charge in [-0.2, -0.15) is 5.10 Å². The molecule has 7 heteroatoms. The first-order valence-corrected chi connectivity index (χ1v) is 8.95. The van der Waals surface area contributed by atoms with Crippen LogP contribution < -0.4 is 4.80 Å². The van der Waals surface area contributed by atoms with Gasteiger partial charge in [-0.25, -0.2) is 4.68 Å². The second kappa shape index (κ2) is 8.71. The molecule has 2 aromatic heterocycles. The van der Waals surface area contributed by atoms with Gasteiger partial charge in [-0.3, -0.25) is 9.98 Å². The van der Waals surface area contributed by atoms with Crippen LogP contribution in [0.3, 0.4) is 0 Å². The van der Waals surface area contributed by atoms with E-state index in [2.05, 4.69) is 15.1 Å². The summed E-state index contributed by atoms with van der Waals surface area (Å²) in [7, 11) is 1.66. The molecule has 1 aromatic carbocycles. The number of benzene rings is 1.